The third kappa shape index (κ3) is 4.39. The van der Waals surface area contributed by atoms with Gasteiger partial charge in [0.25, 0.3) is 0 Å². The first-order chi connectivity index (χ1) is 8.82. The zero-order chi connectivity index (χ0) is 14.1. The number of hydrogen-bond donors (Lipinski definition) is 2. The Morgan fingerprint density at radius 2 is 1.84 bits per heavy atom. The van der Waals surface area contributed by atoms with Crippen molar-refractivity contribution in [2.75, 3.05) is 45.6 Å². The summed E-state index contributed by atoms with van der Waals surface area (Å²) < 4.78 is 24.4. The topological polar surface area (TPSA) is 72.9 Å². The van der Waals surface area contributed by atoms with Crippen molar-refractivity contribution in [3.05, 3.63) is 0 Å². The van der Waals surface area contributed by atoms with Crippen LogP contribution in [0.4, 0.5) is 0 Å². The fourth-order valence-electron chi connectivity index (χ4n) is 2.57. The smallest absolute Gasteiger partial charge is 0.211 e. The Morgan fingerprint density at radius 1 is 1.26 bits per heavy atom. The van der Waals surface area contributed by atoms with Crippen LogP contribution in [0.3, 0.4) is 0 Å². The minimum absolute atomic E-state index is 0.107. The van der Waals surface area contributed by atoms with Gasteiger partial charge in [0.15, 0.2) is 0 Å². The van der Waals surface area contributed by atoms with Crippen molar-refractivity contribution in [3.63, 3.8) is 0 Å². The van der Waals surface area contributed by atoms with Gasteiger partial charge in [-0.3, -0.25) is 4.90 Å². The molecule has 1 heterocycles. The first-order valence-electron chi connectivity index (χ1n) is 6.88. The van der Waals surface area contributed by atoms with Crippen LogP contribution in [0.15, 0.2) is 0 Å². The second kappa shape index (κ2) is 5.65. The summed E-state index contributed by atoms with van der Waals surface area (Å²) in [6.45, 7) is 5.46. The van der Waals surface area contributed by atoms with Crippen LogP contribution in [-0.4, -0.2) is 79.9 Å². The van der Waals surface area contributed by atoms with E-state index in [2.05, 4.69) is 10.2 Å². The molecular formula is C12H25N3O3S. The summed E-state index contributed by atoms with van der Waals surface area (Å²) in [6.07, 6.45) is 3.64. The van der Waals surface area contributed by atoms with Crippen molar-refractivity contribution >= 4 is 10.0 Å². The summed E-state index contributed by atoms with van der Waals surface area (Å²) in [5, 5.41) is 13.1. The molecule has 7 heteroatoms. The number of piperazine rings is 1. The largest absolute Gasteiger partial charge is 0.394 e. The van der Waals surface area contributed by atoms with E-state index in [1.165, 1.54) is 23.4 Å². The lowest BCUT2D eigenvalue weighted by molar-refractivity contribution is 0.0978. The summed E-state index contributed by atoms with van der Waals surface area (Å²) in [5.74, 6) is 0. The first kappa shape index (κ1) is 15.2. The maximum atomic E-state index is 11.4. The number of aliphatic hydroxyl groups is 1. The van der Waals surface area contributed by atoms with Gasteiger partial charge >= 0.3 is 0 Å². The predicted molar refractivity (Wildman–Crippen MR) is 74.5 cm³/mol. The number of sulfonamides is 1. The van der Waals surface area contributed by atoms with Crippen molar-refractivity contribution in [2.24, 2.45) is 0 Å². The van der Waals surface area contributed by atoms with E-state index in [-0.39, 0.29) is 12.1 Å². The molecule has 0 radical (unpaired) electrons. The van der Waals surface area contributed by atoms with Gasteiger partial charge < -0.3 is 10.4 Å². The van der Waals surface area contributed by atoms with Crippen molar-refractivity contribution < 1.29 is 13.5 Å². The highest BCUT2D eigenvalue weighted by Gasteiger charge is 2.34. The van der Waals surface area contributed by atoms with E-state index in [1.54, 1.807) is 0 Å². The van der Waals surface area contributed by atoms with E-state index >= 15 is 0 Å². The average molecular weight is 291 g/mol. The van der Waals surface area contributed by atoms with E-state index in [1.807, 2.05) is 6.92 Å². The Kier molecular flexibility index (Phi) is 4.52. The Morgan fingerprint density at radius 3 is 2.26 bits per heavy atom. The van der Waals surface area contributed by atoms with Crippen LogP contribution >= 0.6 is 0 Å². The third-order valence-corrected chi connectivity index (χ3v) is 5.15. The van der Waals surface area contributed by atoms with Crippen molar-refractivity contribution in [1.29, 1.82) is 0 Å². The molecule has 0 amide bonds. The molecule has 0 bridgehead atoms. The van der Waals surface area contributed by atoms with E-state index in [0.29, 0.717) is 19.1 Å². The molecule has 2 fully saturated rings. The van der Waals surface area contributed by atoms with Crippen LogP contribution in [0.5, 0.6) is 0 Å². The molecule has 1 atom stereocenters. The molecule has 0 aromatic carbocycles. The van der Waals surface area contributed by atoms with E-state index in [9.17, 15) is 13.5 Å². The Hall–Kier alpha value is -0.210. The van der Waals surface area contributed by atoms with Gasteiger partial charge in [-0.2, -0.15) is 4.31 Å². The second-order valence-electron chi connectivity index (χ2n) is 6.08. The lowest BCUT2D eigenvalue weighted by atomic mass is 10.0. The molecule has 6 nitrogen and oxygen atoms in total. The van der Waals surface area contributed by atoms with Gasteiger partial charge in [-0.25, -0.2) is 8.42 Å². The van der Waals surface area contributed by atoms with E-state index in [0.717, 1.165) is 19.6 Å². The molecule has 2 N–H and O–H groups in total. The predicted octanol–water partition coefficient (Wildman–Crippen LogP) is -0.933. The summed E-state index contributed by atoms with van der Waals surface area (Å²) in [7, 11) is -3.07. The monoisotopic (exact) mass is 291 g/mol. The Bertz CT molecular complexity index is 402. The lowest BCUT2D eigenvalue weighted by Crippen LogP contribution is -2.58. The van der Waals surface area contributed by atoms with Gasteiger partial charge in [-0.05, 0) is 19.8 Å². The summed E-state index contributed by atoms with van der Waals surface area (Å²) in [4.78, 5) is 2.23. The quantitative estimate of drug-likeness (QED) is 0.661. The first-order valence-corrected chi connectivity index (χ1v) is 8.73. The fourth-order valence-corrected chi connectivity index (χ4v) is 3.40. The summed E-state index contributed by atoms with van der Waals surface area (Å²) in [6, 6.07) is 0.550. The van der Waals surface area contributed by atoms with Gasteiger partial charge in [0, 0.05) is 38.8 Å². The zero-order valence-electron chi connectivity index (χ0n) is 11.8. The van der Waals surface area contributed by atoms with Crippen molar-refractivity contribution in [1.82, 2.24) is 14.5 Å². The molecule has 1 saturated heterocycles. The van der Waals surface area contributed by atoms with Crippen molar-refractivity contribution in [3.8, 4) is 0 Å². The maximum Gasteiger partial charge on any atom is 0.211 e. The fraction of sp³-hybridized carbons (Fsp3) is 1.00. The third-order valence-electron chi connectivity index (χ3n) is 3.85. The summed E-state index contributed by atoms with van der Waals surface area (Å²) in [5.41, 5.74) is -0.283. The minimum Gasteiger partial charge on any atom is -0.394 e. The van der Waals surface area contributed by atoms with E-state index in [4.69, 9.17) is 0 Å². The van der Waals surface area contributed by atoms with Crippen LogP contribution in [0.25, 0.3) is 0 Å². The van der Waals surface area contributed by atoms with Crippen LogP contribution in [0.1, 0.15) is 19.8 Å². The van der Waals surface area contributed by atoms with Crippen LogP contribution in [-0.2, 0) is 10.0 Å². The maximum absolute atomic E-state index is 11.4. The molecular weight excluding hydrogens is 266 g/mol. The number of rotatable bonds is 6. The molecule has 1 aliphatic carbocycles. The normalized spacial score (nSPS) is 26.3. The standard InChI is InChI=1S/C12H25N3O3S/c1-12(10-16,13-11-3-4-11)9-14-5-7-15(8-6-14)19(2,17)18/h11,13,16H,3-10H2,1-2H3. The second-order valence-corrected chi connectivity index (χ2v) is 8.06. The van der Waals surface area contributed by atoms with Gasteiger partial charge in [0.1, 0.15) is 0 Å². The molecule has 1 saturated carbocycles. The minimum atomic E-state index is -3.07. The van der Waals surface area contributed by atoms with Gasteiger partial charge in [0.2, 0.25) is 10.0 Å². The average Bonchev–Trinajstić information content (AvgIpc) is 3.12. The number of nitrogens with one attached hydrogen (secondary N) is 1. The molecule has 1 unspecified atom stereocenters. The SMILES string of the molecule is CC(CO)(CN1CCN(S(C)(=O)=O)CC1)NC1CC1. The molecule has 0 aromatic rings. The van der Waals surface area contributed by atoms with E-state index < -0.39 is 10.0 Å². The molecule has 19 heavy (non-hydrogen) atoms. The van der Waals surface area contributed by atoms with Gasteiger partial charge in [0.05, 0.1) is 18.4 Å². The van der Waals surface area contributed by atoms with Crippen molar-refractivity contribution in [2.45, 2.75) is 31.3 Å². The van der Waals surface area contributed by atoms with Crippen LogP contribution < -0.4 is 5.32 Å². The highest BCUT2D eigenvalue weighted by atomic mass is 32.2. The molecule has 0 spiro atoms. The number of hydrogen-bond acceptors (Lipinski definition) is 5. The Balaban J connectivity index is 1.83. The molecule has 112 valence electrons. The van der Waals surface area contributed by atoms with Crippen LogP contribution in [0.2, 0.25) is 0 Å². The van der Waals surface area contributed by atoms with Crippen LogP contribution in [0, 0.1) is 0 Å². The highest BCUT2D eigenvalue weighted by molar-refractivity contribution is 7.88. The lowest BCUT2D eigenvalue weighted by Gasteiger charge is -2.39. The molecule has 2 aliphatic rings. The molecule has 2 rings (SSSR count). The number of nitrogens with zero attached hydrogens (tertiary/aromatic N) is 2. The van der Waals surface area contributed by atoms with Gasteiger partial charge in [-0.1, -0.05) is 0 Å². The summed E-state index contributed by atoms with van der Waals surface area (Å²) >= 11 is 0. The molecule has 1 aliphatic heterocycles. The Labute approximate surface area is 115 Å². The molecule has 0 aromatic heterocycles. The van der Waals surface area contributed by atoms with Gasteiger partial charge in [-0.15, -0.1) is 0 Å². The number of aliphatic hydroxyl groups excluding tert-OH is 1. The highest BCUT2D eigenvalue weighted by Crippen LogP contribution is 2.23. The zero-order valence-corrected chi connectivity index (χ0v) is 12.6.